The molecule has 1 atom stereocenters. The van der Waals surface area contributed by atoms with Gasteiger partial charge in [0, 0.05) is 11.1 Å². The molecule has 0 spiro atoms. The lowest BCUT2D eigenvalue weighted by molar-refractivity contribution is 0.0930. The number of nitrogen functional groups attached to an aromatic ring is 1. The van der Waals surface area contributed by atoms with Crippen LogP contribution in [0.15, 0.2) is 36.4 Å². The van der Waals surface area contributed by atoms with Gasteiger partial charge < -0.3 is 15.8 Å². The third kappa shape index (κ3) is 2.40. The van der Waals surface area contributed by atoms with E-state index >= 15 is 0 Å². The zero-order valence-corrected chi connectivity index (χ0v) is 11.2. The second-order valence-corrected chi connectivity index (χ2v) is 4.87. The number of carbonyl (C=O) groups excluding carboxylic acids is 1. The maximum atomic E-state index is 12.2. The van der Waals surface area contributed by atoms with Gasteiger partial charge in [0.1, 0.15) is 23.3 Å². The first-order chi connectivity index (χ1) is 9.63. The van der Waals surface area contributed by atoms with Crippen LogP contribution in [0.4, 0.5) is 5.82 Å². The van der Waals surface area contributed by atoms with E-state index in [1.54, 1.807) is 0 Å². The van der Waals surface area contributed by atoms with Gasteiger partial charge in [-0.15, -0.1) is 0 Å². The monoisotopic (exact) mass is 289 g/mol. The van der Waals surface area contributed by atoms with Crippen molar-refractivity contribution in [3.8, 4) is 5.75 Å². The van der Waals surface area contributed by atoms with Gasteiger partial charge >= 0.3 is 0 Å². The Morgan fingerprint density at radius 1 is 1.40 bits per heavy atom. The maximum Gasteiger partial charge on any atom is 0.252 e. The number of benzene rings is 1. The molecule has 0 fully saturated rings. The highest BCUT2D eigenvalue weighted by Gasteiger charge is 2.25. The molecule has 0 bridgehead atoms. The molecule has 6 heteroatoms. The Balaban J connectivity index is 1.80. The van der Waals surface area contributed by atoms with Gasteiger partial charge in [-0.1, -0.05) is 29.8 Å². The Kier molecular flexibility index (Phi) is 3.20. The topological polar surface area (TPSA) is 77.2 Å². The number of nitrogens with zero attached hydrogens (tertiary/aromatic N) is 1. The van der Waals surface area contributed by atoms with Gasteiger partial charge in [-0.25, -0.2) is 4.98 Å². The normalized spacial score (nSPS) is 16.4. The Labute approximate surface area is 120 Å². The highest BCUT2D eigenvalue weighted by atomic mass is 35.5. The molecule has 0 radical (unpaired) electrons. The van der Waals surface area contributed by atoms with E-state index in [0.717, 1.165) is 11.3 Å². The fourth-order valence-electron chi connectivity index (χ4n) is 2.17. The lowest BCUT2D eigenvalue weighted by Crippen LogP contribution is -2.29. The van der Waals surface area contributed by atoms with Crippen molar-refractivity contribution >= 4 is 23.3 Å². The average Bonchev–Trinajstić information content (AvgIpc) is 2.81. The molecule has 1 aliphatic heterocycles. The summed E-state index contributed by atoms with van der Waals surface area (Å²) in [4.78, 5) is 16.0. The van der Waals surface area contributed by atoms with Gasteiger partial charge in [-0.2, -0.15) is 0 Å². The van der Waals surface area contributed by atoms with Crippen molar-refractivity contribution in [2.75, 3.05) is 12.3 Å². The summed E-state index contributed by atoms with van der Waals surface area (Å²) in [5.41, 5.74) is 6.93. The zero-order valence-electron chi connectivity index (χ0n) is 10.5. The van der Waals surface area contributed by atoms with E-state index in [9.17, 15) is 4.79 Å². The Morgan fingerprint density at radius 3 is 3.00 bits per heavy atom. The third-order valence-electron chi connectivity index (χ3n) is 3.08. The van der Waals surface area contributed by atoms with Crippen LogP contribution in [0.1, 0.15) is 22.0 Å². The van der Waals surface area contributed by atoms with E-state index in [-0.39, 0.29) is 22.9 Å². The van der Waals surface area contributed by atoms with Crippen LogP contribution in [0.5, 0.6) is 5.75 Å². The summed E-state index contributed by atoms with van der Waals surface area (Å²) >= 11 is 5.80. The SMILES string of the molecule is Nc1cc(C(=O)NC2COc3ccccc32)cc(Cl)n1. The van der Waals surface area contributed by atoms with Crippen LogP contribution in [0, 0.1) is 0 Å². The summed E-state index contributed by atoms with van der Waals surface area (Å²) in [5.74, 6) is 0.752. The predicted octanol–water partition coefficient (Wildman–Crippen LogP) is 2.18. The number of fused-ring (bicyclic) bond motifs is 1. The van der Waals surface area contributed by atoms with Crippen molar-refractivity contribution in [3.05, 3.63) is 52.7 Å². The number of rotatable bonds is 2. The first kappa shape index (κ1) is 12.7. The van der Waals surface area contributed by atoms with Gasteiger partial charge in [0.15, 0.2) is 0 Å². The lowest BCUT2D eigenvalue weighted by atomic mass is 10.1. The van der Waals surface area contributed by atoms with Gasteiger partial charge in [0.05, 0.1) is 6.04 Å². The number of hydrogen-bond donors (Lipinski definition) is 2. The molecule has 1 aromatic carbocycles. The molecule has 3 rings (SSSR count). The van der Waals surface area contributed by atoms with E-state index in [0.29, 0.717) is 12.2 Å². The summed E-state index contributed by atoms with van der Waals surface area (Å²) in [6, 6.07) is 10.4. The molecule has 2 heterocycles. The van der Waals surface area contributed by atoms with E-state index in [4.69, 9.17) is 22.1 Å². The van der Waals surface area contributed by atoms with Crippen molar-refractivity contribution in [2.45, 2.75) is 6.04 Å². The van der Waals surface area contributed by atoms with E-state index in [2.05, 4.69) is 10.3 Å². The Hall–Kier alpha value is -2.27. The smallest absolute Gasteiger partial charge is 0.252 e. The maximum absolute atomic E-state index is 12.2. The number of halogens is 1. The van der Waals surface area contributed by atoms with E-state index in [1.807, 2.05) is 24.3 Å². The summed E-state index contributed by atoms with van der Waals surface area (Å²) in [7, 11) is 0. The number of nitrogens with one attached hydrogen (secondary N) is 1. The number of amides is 1. The summed E-state index contributed by atoms with van der Waals surface area (Å²) in [6.45, 7) is 0.416. The second-order valence-electron chi connectivity index (χ2n) is 4.48. The number of hydrogen-bond acceptors (Lipinski definition) is 4. The van der Waals surface area contributed by atoms with Gasteiger partial charge in [-0.05, 0) is 18.2 Å². The number of ether oxygens (including phenoxy) is 1. The van der Waals surface area contributed by atoms with Crippen LogP contribution < -0.4 is 15.8 Å². The molecule has 20 heavy (non-hydrogen) atoms. The molecule has 1 unspecified atom stereocenters. The Morgan fingerprint density at radius 2 is 2.20 bits per heavy atom. The second kappa shape index (κ2) is 5.02. The first-order valence-electron chi connectivity index (χ1n) is 6.09. The molecule has 3 N–H and O–H groups in total. The third-order valence-corrected chi connectivity index (χ3v) is 3.27. The average molecular weight is 290 g/mol. The molecular weight excluding hydrogens is 278 g/mol. The quantitative estimate of drug-likeness (QED) is 0.831. The van der Waals surface area contributed by atoms with Crippen molar-refractivity contribution in [1.82, 2.24) is 10.3 Å². The van der Waals surface area contributed by atoms with Crippen LogP contribution in [-0.4, -0.2) is 17.5 Å². The van der Waals surface area contributed by atoms with Crippen molar-refractivity contribution in [1.29, 1.82) is 0 Å². The number of nitrogens with two attached hydrogens (primary N) is 1. The number of para-hydroxylation sites is 1. The van der Waals surface area contributed by atoms with E-state index < -0.39 is 0 Å². The molecule has 0 aliphatic carbocycles. The fourth-order valence-corrected chi connectivity index (χ4v) is 2.39. The number of aromatic nitrogens is 1. The fraction of sp³-hybridized carbons (Fsp3) is 0.143. The van der Waals surface area contributed by atoms with Crippen LogP contribution in [0.2, 0.25) is 5.15 Å². The first-order valence-corrected chi connectivity index (χ1v) is 6.47. The standard InChI is InChI=1S/C14H12ClN3O2/c15-12-5-8(6-13(16)18-12)14(19)17-10-7-20-11-4-2-1-3-9(10)11/h1-6,10H,7H2,(H2,16,18)(H,17,19). The molecule has 5 nitrogen and oxygen atoms in total. The minimum absolute atomic E-state index is 0.174. The minimum atomic E-state index is -0.258. The van der Waals surface area contributed by atoms with Crippen molar-refractivity contribution in [3.63, 3.8) is 0 Å². The molecule has 2 aromatic rings. The zero-order chi connectivity index (χ0) is 14.1. The lowest BCUT2D eigenvalue weighted by Gasteiger charge is -2.12. The molecule has 0 saturated heterocycles. The molecule has 1 aromatic heterocycles. The van der Waals surface area contributed by atoms with Crippen LogP contribution in [0.3, 0.4) is 0 Å². The largest absolute Gasteiger partial charge is 0.491 e. The van der Waals surface area contributed by atoms with Crippen LogP contribution in [0.25, 0.3) is 0 Å². The van der Waals surface area contributed by atoms with E-state index in [1.165, 1.54) is 12.1 Å². The van der Waals surface area contributed by atoms with Crippen molar-refractivity contribution < 1.29 is 9.53 Å². The molecule has 102 valence electrons. The number of carbonyl (C=O) groups is 1. The summed E-state index contributed by atoms with van der Waals surface area (Å²) in [6.07, 6.45) is 0. The highest BCUT2D eigenvalue weighted by Crippen LogP contribution is 2.31. The molecule has 1 amide bonds. The summed E-state index contributed by atoms with van der Waals surface area (Å²) < 4.78 is 5.52. The van der Waals surface area contributed by atoms with Gasteiger partial charge in [0.25, 0.3) is 5.91 Å². The van der Waals surface area contributed by atoms with Gasteiger partial charge in [-0.3, -0.25) is 4.79 Å². The molecule has 1 aliphatic rings. The van der Waals surface area contributed by atoms with Gasteiger partial charge in [0.2, 0.25) is 0 Å². The highest BCUT2D eigenvalue weighted by molar-refractivity contribution is 6.29. The number of anilines is 1. The minimum Gasteiger partial charge on any atom is -0.491 e. The Bertz CT molecular complexity index is 655. The molecule has 0 saturated carbocycles. The van der Waals surface area contributed by atoms with Crippen LogP contribution in [-0.2, 0) is 0 Å². The van der Waals surface area contributed by atoms with Crippen LogP contribution >= 0.6 is 11.6 Å². The predicted molar refractivity (Wildman–Crippen MR) is 75.8 cm³/mol. The summed E-state index contributed by atoms with van der Waals surface area (Å²) in [5, 5.41) is 3.09. The van der Waals surface area contributed by atoms with Crippen molar-refractivity contribution in [2.24, 2.45) is 0 Å². The molecular formula is C14H12ClN3O2. The number of pyridine rings is 1.